The Morgan fingerprint density at radius 2 is 2.27 bits per heavy atom. The quantitative estimate of drug-likeness (QED) is 0.843. The van der Waals surface area contributed by atoms with Crippen molar-refractivity contribution in [2.24, 2.45) is 5.73 Å². The molecule has 0 bridgehead atoms. The number of halogens is 3. The Hall–Kier alpha value is -0.650. The lowest BCUT2D eigenvalue weighted by atomic mass is 10.0. The standard InChI is InChI=1S/C9H8BrClFNO2/c10-4-1-2-5(12)8(9(4)11)6(13)3-7(14)15/h1-2,6H,3,13H2,(H,14,15). The Bertz CT molecular complexity index is 400. The van der Waals surface area contributed by atoms with Gasteiger partial charge < -0.3 is 10.8 Å². The van der Waals surface area contributed by atoms with Crippen LogP contribution in [0.1, 0.15) is 18.0 Å². The van der Waals surface area contributed by atoms with E-state index >= 15 is 0 Å². The summed E-state index contributed by atoms with van der Waals surface area (Å²) < 4.78 is 13.8. The van der Waals surface area contributed by atoms with E-state index in [4.69, 9.17) is 22.4 Å². The first kappa shape index (κ1) is 12.4. The van der Waals surface area contributed by atoms with Gasteiger partial charge in [-0.3, -0.25) is 4.79 Å². The number of carbonyl (C=O) groups is 1. The van der Waals surface area contributed by atoms with Gasteiger partial charge in [0.15, 0.2) is 0 Å². The van der Waals surface area contributed by atoms with Crippen LogP contribution >= 0.6 is 27.5 Å². The summed E-state index contributed by atoms with van der Waals surface area (Å²) in [6.07, 6.45) is -0.368. The Morgan fingerprint density at radius 3 is 2.80 bits per heavy atom. The summed E-state index contributed by atoms with van der Waals surface area (Å²) in [7, 11) is 0. The first-order valence-electron chi connectivity index (χ1n) is 4.04. The van der Waals surface area contributed by atoms with Crippen LogP contribution in [0.15, 0.2) is 16.6 Å². The largest absolute Gasteiger partial charge is 0.481 e. The molecule has 0 radical (unpaired) electrons. The van der Waals surface area contributed by atoms with Gasteiger partial charge in [-0.25, -0.2) is 4.39 Å². The molecule has 3 nitrogen and oxygen atoms in total. The van der Waals surface area contributed by atoms with Gasteiger partial charge in [-0.1, -0.05) is 11.6 Å². The molecule has 1 unspecified atom stereocenters. The van der Waals surface area contributed by atoms with Crippen molar-refractivity contribution in [3.8, 4) is 0 Å². The summed E-state index contributed by atoms with van der Waals surface area (Å²) in [5.74, 6) is -1.70. The minimum atomic E-state index is -1.10. The molecular formula is C9H8BrClFNO2. The summed E-state index contributed by atoms with van der Waals surface area (Å²) in [5.41, 5.74) is 5.56. The van der Waals surface area contributed by atoms with Crippen LogP contribution in [0.5, 0.6) is 0 Å². The topological polar surface area (TPSA) is 63.3 Å². The molecule has 0 aromatic heterocycles. The summed E-state index contributed by atoms with van der Waals surface area (Å²) in [6, 6.07) is 1.68. The first-order chi connectivity index (χ1) is 6.93. The van der Waals surface area contributed by atoms with Crippen molar-refractivity contribution < 1.29 is 14.3 Å². The number of hydrogen-bond donors (Lipinski definition) is 2. The maximum Gasteiger partial charge on any atom is 0.305 e. The van der Waals surface area contributed by atoms with Crippen LogP contribution in [0.3, 0.4) is 0 Å². The van der Waals surface area contributed by atoms with E-state index in [0.29, 0.717) is 4.47 Å². The van der Waals surface area contributed by atoms with Crippen LogP contribution in [0.4, 0.5) is 4.39 Å². The highest BCUT2D eigenvalue weighted by Crippen LogP contribution is 2.32. The molecule has 0 amide bonds. The van der Waals surface area contributed by atoms with Crippen LogP contribution < -0.4 is 5.73 Å². The second-order valence-corrected chi connectivity index (χ2v) is 4.19. The highest BCUT2D eigenvalue weighted by atomic mass is 79.9. The molecule has 0 aliphatic carbocycles. The van der Waals surface area contributed by atoms with Crippen molar-refractivity contribution >= 4 is 33.5 Å². The number of hydrogen-bond acceptors (Lipinski definition) is 2. The van der Waals surface area contributed by atoms with Gasteiger partial charge in [0.05, 0.1) is 11.4 Å². The summed E-state index contributed by atoms with van der Waals surface area (Å²) >= 11 is 8.93. The predicted molar refractivity (Wildman–Crippen MR) is 58.3 cm³/mol. The molecule has 1 rings (SSSR count). The second-order valence-electron chi connectivity index (χ2n) is 2.96. The maximum absolute atomic E-state index is 13.4. The van der Waals surface area contributed by atoms with Crippen molar-refractivity contribution in [2.45, 2.75) is 12.5 Å². The summed E-state index contributed by atoms with van der Waals surface area (Å²) in [4.78, 5) is 10.4. The molecule has 1 aromatic rings. The average Bonchev–Trinajstić information content (AvgIpc) is 2.11. The van der Waals surface area contributed by atoms with Gasteiger partial charge in [0.25, 0.3) is 0 Å². The summed E-state index contributed by atoms with van der Waals surface area (Å²) in [5, 5.41) is 8.65. The number of rotatable bonds is 3. The number of carboxylic acids is 1. The van der Waals surface area contributed by atoms with Crippen LogP contribution in [0.25, 0.3) is 0 Å². The lowest BCUT2D eigenvalue weighted by molar-refractivity contribution is -0.137. The summed E-state index contributed by atoms with van der Waals surface area (Å²) in [6.45, 7) is 0. The monoisotopic (exact) mass is 295 g/mol. The molecule has 82 valence electrons. The van der Waals surface area contributed by atoms with Crippen LogP contribution in [0, 0.1) is 5.82 Å². The number of nitrogens with two attached hydrogens (primary N) is 1. The smallest absolute Gasteiger partial charge is 0.305 e. The SMILES string of the molecule is NC(CC(=O)O)c1c(F)ccc(Br)c1Cl. The molecule has 0 aliphatic rings. The third-order valence-electron chi connectivity index (χ3n) is 1.84. The number of aliphatic carboxylic acids is 1. The number of carboxylic acid groups (broad SMARTS) is 1. The van der Waals surface area contributed by atoms with Crippen molar-refractivity contribution in [3.63, 3.8) is 0 Å². The van der Waals surface area contributed by atoms with Gasteiger partial charge in [0.1, 0.15) is 5.82 Å². The van der Waals surface area contributed by atoms with Crippen LogP contribution in [-0.2, 0) is 4.79 Å². The van der Waals surface area contributed by atoms with Gasteiger partial charge in [-0.15, -0.1) is 0 Å². The van der Waals surface area contributed by atoms with Crippen molar-refractivity contribution in [3.05, 3.63) is 33.0 Å². The first-order valence-corrected chi connectivity index (χ1v) is 5.21. The minimum absolute atomic E-state index is 0.0217. The lowest BCUT2D eigenvalue weighted by Gasteiger charge is -2.13. The molecular weight excluding hydrogens is 288 g/mol. The van der Waals surface area contributed by atoms with Crippen molar-refractivity contribution in [2.75, 3.05) is 0 Å². The van der Waals surface area contributed by atoms with Gasteiger partial charge in [-0.05, 0) is 28.1 Å². The molecule has 0 saturated heterocycles. The normalized spacial score (nSPS) is 12.5. The Kier molecular flexibility index (Phi) is 4.07. The lowest BCUT2D eigenvalue weighted by Crippen LogP contribution is -2.17. The molecule has 1 aromatic carbocycles. The van der Waals surface area contributed by atoms with E-state index in [-0.39, 0.29) is 17.0 Å². The van der Waals surface area contributed by atoms with Gasteiger partial charge in [-0.2, -0.15) is 0 Å². The minimum Gasteiger partial charge on any atom is -0.481 e. The van der Waals surface area contributed by atoms with E-state index in [1.807, 2.05) is 0 Å². The fourth-order valence-electron chi connectivity index (χ4n) is 1.17. The van der Waals surface area contributed by atoms with E-state index in [1.165, 1.54) is 12.1 Å². The second kappa shape index (κ2) is 4.92. The molecule has 0 saturated carbocycles. The van der Waals surface area contributed by atoms with Crippen molar-refractivity contribution in [1.29, 1.82) is 0 Å². The van der Waals surface area contributed by atoms with Gasteiger partial charge in [0.2, 0.25) is 0 Å². The van der Waals surface area contributed by atoms with Crippen LogP contribution in [0.2, 0.25) is 5.02 Å². The molecule has 0 spiro atoms. The maximum atomic E-state index is 13.4. The number of benzene rings is 1. The third-order valence-corrected chi connectivity index (χ3v) is 3.14. The molecule has 1 atom stereocenters. The van der Waals surface area contributed by atoms with E-state index in [2.05, 4.69) is 15.9 Å². The van der Waals surface area contributed by atoms with E-state index in [1.54, 1.807) is 0 Å². The molecule has 6 heteroatoms. The zero-order chi connectivity index (χ0) is 11.6. The molecule has 0 aliphatic heterocycles. The van der Waals surface area contributed by atoms with Gasteiger partial charge >= 0.3 is 5.97 Å². The highest BCUT2D eigenvalue weighted by Gasteiger charge is 2.19. The fourth-order valence-corrected chi connectivity index (χ4v) is 1.81. The van der Waals surface area contributed by atoms with E-state index < -0.39 is 17.8 Å². The zero-order valence-electron chi connectivity index (χ0n) is 7.51. The molecule has 0 fully saturated rings. The van der Waals surface area contributed by atoms with E-state index in [9.17, 15) is 9.18 Å². The Balaban J connectivity index is 3.12. The highest BCUT2D eigenvalue weighted by molar-refractivity contribution is 9.10. The average molecular weight is 297 g/mol. The third kappa shape index (κ3) is 2.90. The predicted octanol–water partition coefficient (Wildman–Crippen LogP) is 2.72. The zero-order valence-corrected chi connectivity index (χ0v) is 9.85. The van der Waals surface area contributed by atoms with Crippen molar-refractivity contribution in [1.82, 2.24) is 0 Å². The molecule has 15 heavy (non-hydrogen) atoms. The molecule has 3 N–H and O–H groups in total. The Morgan fingerprint density at radius 1 is 1.67 bits per heavy atom. The van der Waals surface area contributed by atoms with E-state index in [0.717, 1.165) is 0 Å². The Labute approximate surface area is 99.2 Å². The van der Waals surface area contributed by atoms with Gasteiger partial charge in [0, 0.05) is 16.1 Å². The molecule has 0 heterocycles. The van der Waals surface area contributed by atoms with Crippen LogP contribution in [-0.4, -0.2) is 11.1 Å². The fraction of sp³-hybridized carbons (Fsp3) is 0.222.